The Labute approximate surface area is 112 Å². The van der Waals surface area contributed by atoms with Crippen LogP contribution < -0.4 is 0 Å². The minimum Gasteiger partial charge on any atom is -0.376 e. The van der Waals surface area contributed by atoms with E-state index in [1.807, 2.05) is 0 Å². The van der Waals surface area contributed by atoms with Crippen molar-refractivity contribution in [1.82, 2.24) is 0 Å². The summed E-state index contributed by atoms with van der Waals surface area (Å²) in [4.78, 5) is 0. The molecule has 2 aliphatic heterocycles. The van der Waals surface area contributed by atoms with Gasteiger partial charge < -0.3 is 14.2 Å². The molecule has 2 aliphatic rings. The maximum absolute atomic E-state index is 6.13. The van der Waals surface area contributed by atoms with Crippen LogP contribution in [-0.4, -0.2) is 44.4 Å². The first-order valence-corrected chi connectivity index (χ1v) is 7.13. The van der Waals surface area contributed by atoms with Crippen LogP contribution in [0.5, 0.6) is 0 Å². The Morgan fingerprint density at radius 1 is 1.17 bits per heavy atom. The molecule has 0 saturated carbocycles. The molecule has 3 unspecified atom stereocenters. The Kier molecular flexibility index (Phi) is 4.40. The molecule has 0 aliphatic carbocycles. The Balaban J connectivity index is 1.98. The van der Waals surface area contributed by atoms with Gasteiger partial charge in [0.25, 0.3) is 0 Å². The molecular formula is C14H26BO3. The number of hydrogen-bond acceptors (Lipinski definition) is 3. The van der Waals surface area contributed by atoms with Gasteiger partial charge in [-0.05, 0) is 33.0 Å². The molecule has 2 rings (SSSR count). The molecule has 0 aromatic carbocycles. The van der Waals surface area contributed by atoms with Crippen molar-refractivity contribution in [3.05, 3.63) is 0 Å². The van der Waals surface area contributed by atoms with Crippen LogP contribution in [0.3, 0.4) is 0 Å². The largest absolute Gasteiger partial charge is 0.376 e. The van der Waals surface area contributed by atoms with E-state index in [4.69, 9.17) is 14.2 Å². The summed E-state index contributed by atoms with van der Waals surface area (Å²) in [5.74, 6) is 0.992. The van der Waals surface area contributed by atoms with Crippen LogP contribution in [0.1, 0.15) is 41.0 Å². The second-order valence-corrected chi connectivity index (χ2v) is 6.79. The summed E-state index contributed by atoms with van der Waals surface area (Å²) >= 11 is 0. The smallest absolute Gasteiger partial charge is 0.123 e. The third-order valence-electron chi connectivity index (χ3n) is 3.44. The zero-order valence-electron chi connectivity index (χ0n) is 12.3. The topological polar surface area (TPSA) is 27.7 Å². The molecule has 0 spiro atoms. The molecule has 1 radical (unpaired) electrons. The normalized spacial score (nSPS) is 36.8. The van der Waals surface area contributed by atoms with Gasteiger partial charge in [-0.15, -0.1) is 0 Å². The third-order valence-corrected chi connectivity index (χ3v) is 3.44. The molecule has 2 saturated heterocycles. The van der Waals surface area contributed by atoms with Crippen molar-refractivity contribution in [2.75, 3.05) is 13.2 Å². The molecule has 3 nitrogen and oxygen atoms in total. The lowest BCUT2D eigenvalue weighted by Crippen LogP contribution is -2.47. The van der Waals surface area contributed by atoms with Gasteiger partial charge in [0, 0.05) is 13.2 Å². The molecule has 4 atom stereocenters. The molecule has 0 aromatic heterocycles. The molecule has 0 N–H and O–H groups in total. The predicted octanol–water partition coefficient (Wildman–Crippen LogP) is 2.68. The van der Waals surface area contributed by atoms with E-state index >= 15 is 0 Å². The van der Waals surface area contributed by atoms with Gasteiger partial charge in [0.15, 0.2) is 0 Å². The van der Waals surface area contributed by atoms with Crippen LogP contribution >= 0.6 is 0 Å². The SMILES string of the molecule is CC(C)[B]C1CO[C@@H]2C(OC(C)(C)C)CCOC12. The summed E-state index contributed by atoms with van der Waals surface area (Å²) in [5, 5.41) is 0. The predicted molar refractivity (Wildman–Crippen MR) is 73.3 cm³/mol. The van der Waals surface area contributed by atoms with E-state index in [1.165, 1.54) is 0 Å². The van der Waals surface area contributed by atoms with Crippen LogP contribution in [0.2, 0.25) is 11.6 Å². The van der Waals surface area contributed by atoms with Gasteiger partial charge in [0.2, 0.25) is 0 Å². The summed E-state index contributed by atoms with van der Waals surface area (Å²) in [6, 6.07) is 0. The lowest BCUT2D eigenvalue weighted by molar-refractivity contribution is -0.174. The average Bonchev–Trinajstić information content (AvgIpc) is 2.60. The minimum absolute atomic E-state index is 0.109. The highest BCUT2D eigenvalue weighted by Crippen LogP contribution is 2.37. The lowest BCUT2D eigenvalue weighted by atomic mass is 9.54. The van der Waals surface area contributed by atoms with Gasteiger partial charge >= 0.3 is 0 Å². The monoisotopic (exact) mass is 253 g/mol. The molecule has 2 fully saturated rings. The summed E-state index contributed by atoms with van der Waals surface area (Å²) in [6.45, 7) is 12.3. The van der Waals surface area contributed by atoms with E-state index in [2.05, 4.69) is 41.9 Å². The van der Waals surface area contributed by atoms with Crippen molar-refractivity contribution >= 4 is 7.28 Å². The molecule has 2 heterocycles. The third kappa shape index (κ3) is 3.49. The highest BCUT2D eigenvalue weighted by atomic mass is 16.6. The average molecular weight is 253 g/mol. The Morgan fingerprint density at radius 2 is 1.89 bits per heavy atom. The van der Waals surface area contributed by atoms with E-state index in [1.54, 1.807) is 0 Å². The molecular weight excluding hydrogens is 227 g/mol. The van der Waals surface area contributed by atoms with Gasteiger partial charge in [0.1, 0.15) is 13.4 Å². The number of rotatable bonds is 3. The van der Waals surface area contributed by atoms with Crippen molar-refractivity contribution in [2.45, 2.75) is 76.6 Å². The second kappa shape index (κ2) is 5.52. The van der Waals surface area contributed by atoms with E-state index in [9.17, 15) is 0 Å². The Hall–Kier alpha value is -0.0551. The Bertz CT molecular complexity index is 275. The van der Waals surface area contributed by atoms with Gasteiger partial charge in [-0.3, -0.25) is 0 Å². The van der Waals surface area contributed by atoms with Crippen LogP contribution in [0, 0.1) is 0 Å². The zero-order chi connectivity index (χ0) is 13.3. The fourth-order valence-electron chi connectivity index (χ4n) is 2.92. The molecule has 0 bridgehead atoms. The van der Waals surface area contributed by atoms with Crippen LogP contribution in [0.15, 0.2) is 0 Å². The lowest BCUT2D eigenvalue weighted by Gasteiger charge is -2.38. The summed E-state index contributed by atoms with van der Waals surface area (Å²) in [6.07, 6.45) is 1.41. The number of hydrogen-bond donors (Lipinski definition) is 0. The molecule has 18 heavy (non-hydrogen) atoms. The van der Waals surface area contributed by atoms with Crippen molar-refractivity contribution in [3.63, 3.8) is 0 Å². The van der Waals surface area contributed by atoms with Crippen LogP contribution in [0.25, 0.3) is 0 Å². The van der Waals surface area contributed by atoms with Crippen molar-refractivity contribution in [1.29, 1.82) is 0 Å². The number of ether oxygens (including phenoxy) is 3. The van der Waals surface area contributed by atoms with Gasteiger partial charge in [0.05, 0.1) is 17.8 Å². The maximum atomic E-state index is 6.13. The second-order valence-electron chi connectivity index (χ2n) is 6.79. The van der Waals surface area contributed by atoms with E-state index in [-0.39, 0.29) is 23.9 Å². The fourth-order valence-corrected chi connectivity index (χ4v) is 2.92. The van der Waals surface area contributed by atoms with Gasteiger partial charge in [-0.25, -0.2) is 0 Å². The first-order valence-electron chi connectivity index (χ1n) is 7.13. The summed E-state index contributed by atoms with van der Waals surface area (Å²) < 4.78 is 18.0. The molecule has 0 amide bonds. The fraction of sp³-hybridized carbons (Fsp3) is 1.00. The van der Waals surface area contributed by atoms with Gasteiger partial charge in [-0.1, -0.05) is 19.7 Å². The van der Waals surface area contributed by atoms with Gasteiger partial charge in [-0.2, -0.15) is 0 Å². The maximum Gasteiger partial charge on any atom is 0.123 e. The summed E-state index contributed by atoms with van der Waals surface area (Å²) in [7, 11) is 2.35. The van der Waals surface area contributed by atoms with Crippen LogP contribution in [-0.2, 0) is 14.2 Å². The first kappa shape index (κ1) is 14.4. The minimum atomic E-state index is -0.115. The van der Waals surface area contributed by atoms with E-state index < -0.39 is 0 Å². The molecule has 0 aromatic rings. The standard InChI is InChI=1S/C14H26BO3/c1-9(2)15-10-8-17-13-11(18-14(3,4)5)6-7-16-12(10)13/h9-13H,6-8H2,1-5H3/t10?,11?,12?,13-/m1/s1. The molecule has 103 valence electrons. The van der Waals surface area contributed by atoms with Crippen LogP contribution in [0.4, 0.5) is 0 Å². The first-order chi connectivity index (χ1) is 8.37. The van der Waals surface area contributed by atoms with E-state index in [0.717, 1.165) is 19.6 Å². The van der Waals surface area contributed by atoms with Crippen molar-refractivity contribution < 1.29 is 14.2 Å². The van der Waals surface area contributed by atoms with Crippen molar-refractivity contribution in [3.8, 4) is 0 Å². The quantitative estimate of drug-likeness (QED) is 0.724. The Morgan fingerprint density at radius 3 is 2.50 bits per heavy atom. The molecule has 4 heteroatoms. The van der Waals surface area contributed by atoms with E-state index in [0.29, 0.717) is 11.6 Å². The van der Waals surface area contributed by atoms with Crippen molar-refractivity contribution in [2.24, 2.45) is 0 Å². The summed E-state index contributed by atoms with van der Waals surface area (Å²) in [5.41, 5.74) is -0.115. The highest BCUT2D eigenvalue weighted by Gasteiger charge is 2.46. The highest BCUT2D eigenvalue weighted by molar-refractivity contribution is 6.39. The number of fused-ring (bicyclic) bond motifs is 1. The zero-order valence-corrected chi connectivity index (χ0v) is 12.3.